The molecule has 1 heterocycles. The highest BCUT2D eigenvalue weighted by molar-refractivity contribution is 7.99. The standard InChI is InChI=1S/C23H19N3OS/c27-22(17-28-23-24-15-16-26(23)19-11-5-2-6-12-19)25-21-14-8-7-13-20(21)18-9-3-1-4-10-18/h1-16H,17H2,(H,25,27). The zero-order chi connectivity index (χ0) is 19.2. The lowest BCUT2D eigenvalue weighted by molar-refractivity contribution is -0.113. The minimum absolute atomic E-state index is 0.0593. The maximum absolute atomic E-state index is 12.6. The van der Waals surface area contributed by atoms with Crippen LogP contribution in [0.3, 0.4) is 0 Å². The van der Waals surface area contributed by atoms with Crippen molar-refractivity contribution in [1.82, 2.24) is 9.55 Å². The molecule has 0 aliphatic carbocycles. The molecule has 0 saturated carbocycles. The quantitative estimate of drug-likeness (QED) is 0.460. The van der Waals surface area contributed by atoms with Crippen molar-refractivity contribution in [2.45, 2.75) is 5.16 Å². The van der Waals surface area contributed by atoms with Gasteiger partial charge in [-0.05, 0) is 23.8 Å². The molecule has 1 aromatic heterocycles. The second-order valence-corrected chi connectivity index (χ2v) is 7.11. The second kappa shape index (κ2) is 8.59. The zero-order valence-corrected chi connectivity index (χ0v) is 16.0. The molecule has 5 heteroatoms. The lowest BCUT2D eigenvalue weighted by Gasteiger charge is -2.11. The van der Waals surface area contributed by atoms with Crippen LogP contribution in [0.2, 0.25) is 0 Å². The first kappa shape index (κ1) is 18.1. The van der Waals surface area contributed by atoms with Gasteiger partial charge in [0.25, 0.3) is 0 Å². The number of para-hydroxylation sites is 2. The van der Waals surface area contributed by atoms with Gasteiger partial charge < -0.3 is 5.32 Å². The Balaban J connectivity index is 1.45. The third-order valence-electron chi connectivity index (χ3n) is 4.26. The topological polar surface area (TPSA) is 46.9 Å². The van der Waals surface area contributed by atoms with E-state index < -0.39 is 0 Å². The van der Waals surface area contributed by atoms with Gasteiger partial charge in [-0.3, -0.25) is 9.36 Å². The number of anilines is 1. The van der Waals surface area contributed by atoms with Crippen LogP contribution >= 0.6 is 11.8 Å². The molecular weight excluding hydrogens is 366 g/mol. The largest absolute Gasteiger partial charge is 0.325 e. The maximum atomic E-state index is 12.6. The number of hydrogen-bond donors (Lipinski definition) is 1. The van der Waals surface area contributed by atoms with Gasteiger partial charge in [-0.2, -0.15) is 0 Å². The van der Waals surface area contributed by atoms with E-state index in [9.17, 15) is 4.79 Å². The van der Waals surface area contributed by atoms with Gasteiger partial charge >= 0.3 is 0 Å². The summed E-state index contributed by atoms with van der Waals surface area (Å²) in [5.74, 6) is 0.225. The Morgan fingerprint density at radius 3 is 2.36 bits per heavy atom. The lowest BCUT2D eigenvalue weighted by atomic mass is 10.0. The zero-order valence-electron chi connectivity index (χ0n) is 15.2. The molecule has 0 fully saturated rings. The van der Waals surface area contributed by atoms with Crippen LogP contribution in [-0.2, 0) is 4.79 Å². The fraction of sp³-hybridized carbons (Fsp3) is 0.0435. The molecule has 0 unspecified atom stereocenters. The summed E-state index contributed by atoms with van der Waals surface area (Å²) in [6, 6.07) is 27.9. The van der Waals surface area contributed by atoms with Crippen LogP contribution in [0.15, 0.2) is 102 Å². The van der Waals surface area contributed by atoms with E-state index >= 15 is 0 Å². The van der Waals surface area contributed by atoms with Crippen molar-refractivity contribution < 1.29 is 4.79 Å². The molecular formula is C23H19N3OS. The highest BCUT2D eigenvalue weighted by Gasteiger charge is 2.11. The number of nitrogens with zero attached hydrogens (tertiary/aromatic N) is 2. The predicted octanol–water partition coefficient (Wildman–Crippen LogP) is 5.27. The van der Waals surface area contributed by atoms with Crippen LogP contribution in [0.5, 0.6) is 0 Å². The molecule has 3 aromatic carbocycles. The van der Waals surface area contributed by atoms with E-state index in [1.165, 1.54) is 11.8 Å². The molecule has 1 N–H and O–H groups in total. The van der Waals surface area contributed by atoms with Gasteiger partial charge in [0.1, 0.15) is 0 Å². The molecule has 4 rings (SSSR count). The van der Waals surface area contributed by atoms with Crippen molar-refractivity contribution in [2.24, 2.45) is 0 Å². The first-order valence-electron chi connectivity index (χ1n) is 8.97. The first-order valence-corrected chi connectivity index (χ1v) is 9.96. The Morgan fingerprint density at radius 2 is 1.57 bits per heavy atom. The second-order valence-electron chi connectivity index (χ2n) is 6.16. The van der Waals surface area contributed by atoms with Crippen LogP contribution in [0, 0.1) is 0 Å². The Bertz CT molecular complexity index is 1060. The number of nitrogens with one attached hydrogen (secondary N) is 1. The summed E-state index contributed by atoms with van der Waals surface area (Å²) in [7, 11) is 0. The molecule has 4 nitrogen and oxygen atoms in total. The normalized spacial score (nSPS) is 10.6. The van der Waals surface area contributed by atoms with E-state index in [0.717, 1.165) is 27.7 Å². The minimum Gasteiger partial charge on any atom is -0.325 e. The van der Waals surface area contributed by atoms with Gasteiger partial charge in [-0.25, -0.2) is 4.98 Å². The van der Waals surface area contributed by atoms with E-state index in [4.69, 9.17) is 0 Å². The average molecular weight is 385 g/mol. The molecule has 138 valence electrons. The summed E-state index contributed by atoms with van der Waals surface area (Å²) in [5.41, 5.74) is 3.92. The maximum Gasteiger partial charge on any atom is 0.234 e. The Hall–Kier alpha value is -3.31. The average Bonchev–Trinajstić information content (AvgIpc) is 3.23. The number of hydrogen-bond acceptors (Lipinski definition) is 3. The summed E-state index contributed by atoms with van der Waals surface area (Å²) in [6.07, 6.45) is 3.65. The van der Waals surface area contributed by atoms with Crippen molar-refractivity contribution in [3.8, 4) is 16.8 Å². The third-order valence-corrected chi connectivity index (χ3v) is 5.23. The van der Waals surface area contributed by atoms with Crippen LogP contribution in [0.25, 0.3) is 16.8 Å². The van der Waals surface area contributed by atoms with Crippen molar-refractivity contribution in [3.05, 3.63) is 97.3 Å². The number of aromatic nitrogens is 2. The SMILES string of the molecule is O=C(CSc1nccn1-c1ccccc1)Nc1ccccc1-c1ccccc1. The van der Waals surface area contributed by atoms with E-state index in [0.29, 0.717) is 0 Å². The van der Waals surface area contributed by atoms with Crippen LogP contribution in [-0.4, -0.2) is 21.2 Å². The molecule has 28 heavy (non-hydrogen) atoms. The van der Waals surface area contributed by atoms with Gasteiger partial charge in [0.05, 0.1) is 5.75 Å². The number of carbonyl (C=O) groups excluding carboxylic acids is 1. The van der Waals surface area contributed by atoms with E-state index in [1.54, 1.807) is 6.20 Å². The highest BCUT2D eigenvalue weighted by Crippen LogP contribution is 2.28. The Labute approximate surface area is 168 Å². The summed E-state index contributed by atoms with van der Waals surface area (Å²) in [4.78, 5) is 17.0. The van der Waals surface area contributed by atoms with E-state index in [1.807, 2.05) is 95.7 Å². The molecule has 4 aromatic rings. The smallest absolute Gasteiger partial charge is 0.234 e. The summed E-state index contributed by atoms with van der Waals surface area (Å²) in [6.45, 7) is 0. The number of rotatable bonds is 6. The minimum atomic E-state index is -0.0593. The monoisotopic (exact) mass is 385 g/mol. The number of thioether (sulfide) groups is 1. The molecule has 1 amide bonds. The summed E-state index contributed by atoms with van der Waals surface area (Å²) >= 11 is 1.42. The Kier molecular flexibility index (Phi) is 5.54. The van der Waals surface area contributed by atoms with Gasteiger partial charge in [0.2, 0.25) is 5.91 Å². The predicted molar refractivity (Wildman–Crippen MR) is 115 cm³/mol. The van der Waals surface area contributed by atoms with Gasteiger partial charge in [0, 0.05) is 29.3 Å². The molecule has 0 atom stereocenters. The molecule has 0 spiro atoms. The van der Waals surface area contributed by atoms with Crippen molar-refractivity contribution >= 4 is 23.4 Å². The van der Waals surface area contributed by atoms with Crippen LogP contribution < -0.4 is 5.32 Å². The molecule has 0 saturated heterocycles. The van der Waals surface area contributed by atoms with E-state index in [-0.39, 0.29) is 11.7 Å². The third kappa shape index (κ3) is 4.15. The first-order chi connectivity index (χ1) is 13.8. The van der Waals surface area contributed by atoms with Gasteiger partial charge in [-0.1, -0.05) is 78.5 Å². The van der Waals surface area contributed by atoms with E-state index in [2.05, 4.69) is 10.3 Å². The van der Waals surface area contributed by atoms with Crippen LogP contribution in [0.4, 0.5) is 5.69 Å². The molecule has 0 aliphatic heterocycles. The molecule has 0 bridgehead atoms. The van der Waals surface area contributed by atoms with Gasteiger partial charge in [0.15, 0.2) is 5.16 Å². The van der Waals surface area contributed by atoms with Gasteiger partial charge in [-0.15, -0.1) is 0 Å². The molecule has 0 aliphatic rings. The lowest BCUT2D eigenvalue weighted by Crippen LogP contribution is -2.15. The van der Waals surface area contributed by atoms with Crippen molar-refractivity contribution in [1.29, 1.82) is 0 Å². The van der Waals surface area contributed by atoms with Crippen LogP contribution in [0.1, 0.15) is 0 Å². The number of imidazole rings is 1. The fourth-order valence-electron chi connectivity index (χ4n) is 2.96. The number of benzene rings is 3. The summed E-state index contributed by atoms with van der Waals surface area (Å²) in [5, 5.41) is 3.82. The molecule has 0 radical (unpaired) electrons. The fourth-order valence-corrected chi connectivity index (χ4v) is 3.73. The van der Waals surface area contributed by atoms with Crippen molar-refractivity contribution in [3.63, 3.8) is 0 Å². The highest BCUT2D eigenvalue weighted by atomic mass is 32.2. The Morgan fingerprint density at radius 1 is 0.893 bits per heavy atom. The summed E-state index contributed by atoms with van der Waals surface area (Å²) < 4.78 is 1.98. The number of amides is 1. The van der Waals surface area contributed by atoms with Crippen molar-refractivity contribution in [2.75, 3.05) is 11.1 Å². The number of carbonyl (C=O) groups is 1.